The summed E-state index contributed by atoms with van der Waals surface area (Å²) in [6.07, 6.45) is 5.51. The molecule has 26 heteroatoms. The number of urea groups is 1. The van der Waals surface area contributed by atoms with Crippen molar-refractivity contribution in [2.45, 2.75) is 106 Å². The Morgan fingerprint density at radius 3 is 1.86 bits per heavy atom. The first-order chi connectivity index (χ1) is 34.2. The molecule has 6 saturated heterocycles. The van der Waals surface area contributed by atoms with Crippen molar-refractivity contribution in [2.24, 2.45) is 11.5 Å². The monoisotopic (exact) mass is 1010 g/mol. The van der Waals surface area contributed by atoms with Gasteiger partial charge in [-0.1, -0.05) is 6.42 Å². The van der Waals surface area contributed by atoms with Crippen molar-refractivity contribution in [3.8, 4) is 0 Å². The Bertz CT molecular complexity index is 2110. The molecule has 8 amide bonds. The zero-order chi connectivity index (χ0) is 50.8. The summed E-state index contributed by atoms with van der Waals surface area (Å²) >= 11 is 1.88. The second-order valence-electron chi connectivity index (χ2n) is 19.2. The van der Waals surface area contributed by atoms with Crippen LogP contribution in [0.5, 0.6) is 0 Å². The van der Waals surface area contributed by atoms with Crippen LogP contribution in [0.2, 0.25) is 0 Å². The number of nitrogens with zero attached hydrogens (tertiary/aromatic N) is 11. The van der Waals surface area contributed by atoms with Crippen LogP contribution in [0.4, 0.5) is 22.6 Å². The summed E-state index contributed by atoms with van der Waals surface area (Å²) in [5.41, 5.74) is 11.6. The first-order valence-electron chi connectivity index (χ1n) is 25.1. The standard InChI is InChI=1S/C45H72N16O9S/c1-54-25-36(64)60(26-34(54)62)31(9-3-6-14-46)39(67)56-17-21-58(22-18-56)43-51-42(48-16-8-5-11-33-38-29(28-71-33)49-45(70)50-38)52-44(53-43)59-23-19-57(20-24-59)40(68)32(10-4-7-15-47)61-27-35(63)55(2)30(41(61)69)12-13-37(65)66/h29-33,38H,3-28,46-47H2,1-2H3,(H,65,66)(H2,49,50,70)(H,48,51,52,53)/t29-,30-,31-,32-,33-,38-/m0/s1. The van der Waals surface area contributed by atoms with Crippen molar-refractivity contribution in [3.05, 3.63) is 0 Å². The maximum atomic E-state index is 14.4. The van der Waals surface area contributed by atoms with E-state index in [0.717, 1.165) is 25.0 Å². The molecule has 0 unspecified atom stereocenters. The third kappa shape index (κ3) is 13.0. The van der Waals surface area contributed by atoms with E-state index in [1.807, 2.05) is 21.6 Å². The fourth-order valence-electron chi connectivity index (χ4n) is 10.2. The lowest BCUT2D eigenvalue weighted by atomic mass is 10.00. The number of hydrogen-bond donors (Lipinski definition) is 6. The highest BCUT2D eigenvalue weighted by molar-refractivity contribution is 8.00. The van der Waals surface area contributed by atoms with Gasteiger partial charge in [-0.2, -0.15) is 26.7 Å². The number of thioether (sulfide) groups is 1. The number of amides is 8. The molecule has 6 aliphatic rings. The highest BCUT2D eigenvalue weighted by Crippen LogP contribution is 2.33. The van der Waals surface area contributed by atoms with E-state index in [4.69, 9.17) is 26.4 Å². The van der Waals surface area contributed by atoms with Crippen LogP contribution >= 0.6 is 11.8 Å². The van der Waals surface area contributed by atoms with Crippen LogP contribution in [0.15, 0.2) is 0 Å². The lowest BCUT2D eigenvalue weighted by molar-refractivity contribution is -0.161. The largest absolute Gasteiger partial charge is 0.481 e. The molecule has 6 aliphatic heterocycles. The minimum absolute atomic E-state index is 0.0641. The molecule has 8 N–H and O–H groups in total. The highest BCUT2D eigenvalue weighted by Gasteiger charge is 2.45. The van der Waals surface area contributed by atoms with Crippen LogP contribution < -0.4 is 37.2 Å². The van der Waals surface area contributed by atoms with E-state index < -0.39 is 30.0 Å². The van der Waals surface area contributed by atoms with Crippen LogP contribution in [0, 0.1) is 0 Å². The normalized spacial score (nSPS) is 23.8. The van der Waals surface area contributed by atoms with Crippen molar-refractivity contribution in [1.29, 1.82) is 0 Å². The number of carbonyl (C=O) groups excluding carboxylic acids is 7. The molecule has 7 rings (SSSR count). The molecular formula is C45H72N16O9S. The predicted octanol–water partition coefficient (Wildman–Crippen LogP) is -2.25. The van der Waals surface area contributed by atoms with Crippen molar-refractivity contribution < 1.29 is 43.5 Å². The second kappa shape index (κ2) is 24.6. The lowest BCUT2D eigenvalue weighted by Gasteiger charge is -2.43. The molecule has 25 nitrogen and oxygen atoms in total. The number of carbonyl (C=O) groups is 8. The van der Waals surface area contributed by atoms with Crippen LogP contribution in [-0.4, -0.2) is 244 Å². The number of nitrogens with two attached hydrogens (primary N) is 2. The number of rotatable bonds is 23. The third-order valence-corrected chi connectivity index (χ3v) is 16.0. The van der Waals surface area contributed by atoms with Gasteiger partial charge in [-0.3, -0.25) is 33.6 Å². The minimum atomic E-state index is -1.08. The van der Waals surface area contributed by atoms with Gasteiger partial charge in [0.15, 0.2) is 0 Å². The Hall–Kier alpha value is -5.76. The highest BCUT2D eigenvalue weighted by atomic mass is 32.2. The van der Waals surface area contributed by atoms with Gasteiger partial charge in [0.1, 0.15) is 31.2 Å². The van der Waals surface area contributed by atoms with Crippen LogP contribution in [0.1, 0.15) is 70.6 Å². The molecule has 0 radical (unpaired) electrons. The summed E-state index contributed by atoms with van der Waals surface area (Å²) < 4.78 is 0. The molecule has 6 atom stereocenters. The number of anilines is 3. The van der Waals surface area contributed by atoms with Gasteiger partial charge in [0, 0.05) is 90.4 Å². The van der Waals surface area contributed by atoms with Gasteiger partial charge < -0.3 is 71.7 Å². The average Bonchev–Trinajstić information content (AvgIpc) is 3.92. The maximum Gasteiger partial charge on any atom is 0.315 e. The number of carboxylic acids is 1. The molecule has 6 fully saturated rings. The van der Waals surface area contributed by atoms with E-state index in [2.05, 4.69) is 16.0 Å². The minimum Gasteiger partial charge on any atom is -0.481 e. The fourth-order valence-corrected chi connectivity index (χ4v) is 11.8. The molecule has 1 aromatic heterocycles. The number of nitrogens with one attached hydrogen (secondary N) is 3. The van der Waals surface area contributed by atoms with Gasteiger partial charge in [0.25, 0.3) is 0 Å². The van der Waals surface area contributed by atoms with Crippen molar-refractivity contribution in [3.63, 3.8) is 0 Å². The fraction of sp³-hybridized carbons (Fsp3) is 0.756. The van der Waals surface area contributed by atoms with E-state index in [0.29, 0.717) is 121 Å². The van der Waals surface area contributed by atoms with Gasteiger partial charge >= 0.3 is 12.0 Å². The molecule has 7 heterocycles. The zero-order valence-corrected chi connectivity index (χ0v) is 41.9. The summed E-state index contributed by atoms with van der Waals surface area (Å²) in [5.74, 6) is -0.805. The Morgan fingerprint density at radius 2 is 1.28 bits per heavy atom. The molecule has 392 valence electrons. The molecule has 0 spiro atoms. The summed E-state index contributed by atoms with van der Waals surface area (Å²) in [7, 11) is 3.06. The Morgan fingerprint density at radius 1 is 0.704 bits per heavy atom. The lowest BCUT2D eigenvalue weighted by Crippen LogP contribution is -2.64. The van der Waals surface area contributed by atoms with Crippen molar-refractivity contribution in [1.82, 2.24) is 55.0 Å². The Balaban J connectivity index is 1.03. The summed E-state index contributed by atoms with van der Waals surface area (Å²) in [6, 6.07) is -2.52. The number of aromatic nitrogens is 3. The number of unbranched alkanes of at least 4 members (excludes halogenated alkanes) is 3. The Labute approximate surface area is 418 Å². The number of fused-ring (bicyclic) bond motifs is 1. The van der Waals surface area contributed by atoms with Crippen LogP contribution in [-0.2, 0) is 33.6 Å². The average molecular weight is 1010 g/mol. The van der Waals surface area contributed by atoms with Crippen LogP contribution in [0.3, 0.4) is 0 Å². The smallest absolute Gasteiger partial charge is 0.315 e. The molecule has 0 aromatic carbocycles. The molecule has 1 aromatic rings. The maximum absolute atomic E-state index is 14.4. The topological polar surface area (TPSA) is 310 Å². The SMILES string of the molecule is CN1CC(=O)N([C@@H](CCCCN)C(=O)N2CCN(c3nc(NCCCC[C@@H]4SC[C@@H]5NC(=O)N[C@@H]54)nc(N4CCN(C(=O)[C@H](CCCCN)N5CC(=O)N(C)[C@@H](CCC(=O)O)C5=O)CC4)n3)CC2)CC1=O. The third-order valence-electron chi connectivity index (χ3n) is 14.5. The number of hydrogen-bond acceptors (Lipinski definition) is 17. The van der Waals surface area contributed by atoms with Crippen molar-refractivity contribution in [2.75, 3.05) is 127 Å². The molecule has 71 heavy (non-hydrogen) atoms. The number of carboxylic acid groups (broad SMARTS) is 1. The van der Waals surface area contributed by atoms with Gasteiger partial charge in [0.2, 0.25) is 53.3 Å². The van der Waals surface area contributed by atoms with Gasteiger partial charge in [-0.15, -0.1) is 0 Å². The number of likely N-dealkylation sites (N-methyl/N-ethyl adjacent to an activating group) is 2. The molecule has 0 aliphatic carbocycles. The van der Waals surface area contributed by atoms with E-state index in [1.165, 1.54) is 26.6 Å². The first-order valence-corrected chi connectivity index (χ1v) is 26.2. The molecule has 0 bridgehead atoms. The summed E-state index contributed by atoms with van der Waals surface area (Å²) in [5, 5.41) is 19.1. The molecular weight excluding hydrogens is 941 g/mol. The second-order valence-corrected chi connectivity index (χ2v) is 20.5. The first kappa shape index (κ1) is 53.0. The van der Waals surface area contributed by atoms with E-state index in [-0.39, 0.29) is 93.2 Å². The molecule has 0 saturated carbocycles. The van der Waals surface area contributed by atoms with Gasteiger partial charge in [-0.25, -0.2) is 4.79 Å². The van der Waals surface area contributed by atoms with E-state index >= 15 is 0 Å². The van der Waals surface area contributed by atoms with Crippen molar-refractivity contribution >= 4 is 77.1 Å². The number of piperazine rings is 4. The van der Waals surface area contributed by atoms with Crippen LogP contribution in [0.25, 0.3) is 0 Å². The van der Waals surface area contributed by atoms with E-state index in [9.17, 15) is 43.5 Å². The number of aliphatic carboxylic acids is 1. The quantitative estimate of drug-likeness (QED) is 0.0498. The van der Waals surface area contributed by atoms with Gasteiger partial charge in [-0.05, 0) is 70.9 Å². The zero-order valence-electron chi connectivity index (χ0n) is 41.0. The Kier molecular flexibility index (Phi) is 18.4. The van der Waals surface area contributed by atoms with E-state index in [1.54, 1.807) is 16.8 Å². The van der Waals surface area contributed by atoms with Gasteiger partial charge in [0.05, 0.1) is 18.6 Å². The summed E-state index contributed by atoms with van der Waals surface area (Å²) in [6.45, 7) is 3.62. The predicted molar refractivity (Wildman–Crippen MR) is 263 cm³/mol. The summed E-state index contributed by atoms with van der Waals surface area (Å²) in [4.78, 5) is 132.